The van der Waals surface area contributed by atoms with E-state index in [2.05, 4.69) is 47.2 Å². The van der Waals surface area contributed by atoms with Gasteiger partial charge in [-0.1, -0.05) is 32.0 Å². The number of unbranched alkanes of at least 4 members (excludes halogenated alkanes) is 1. The van der Waals surface area contributed by atoms with Crippen molar-refractivity contribution in [3.63, 3.8) is 0 Å². The number of aromatic amines is 1. The van der Waals surface area contributed by atoms with Gasteiger partial charge in [0.2, 0.25) is 53.2 Å². The minimum atomic E-state index is -1.96. The topological polar surface area (TPSA) is 451 Å². The molecule has 1 unspecified atom stereocenters. The van der Waals surface area contributed by atoms with Crippen LogP contribution in [0.3, 0.4) is 0 Å². The SMILES string of the molecule is CC(C)C[C@@H]1NC(=O)[C@H]([C@@H](C)O)NC(=O)[C@H](CC(=O)O)NC(=O)[C@H](CO)NC(=O)[C@H](CCCN=C(N)N)N(C)C(=O)CCSCC(C(=O)N[C@@H](Cc2c[nH]c3ccccc23)C(=O)N[C@@H](CCCCN)C(N)=O)NC1=O. The van der Waals surface area contributed by atoms with Crippen LogP contribution >= 0.6 is 11.8 Å². The second-order valence-corrected chi connectivity index (χ2v) is 19.7. The molecule has 0 saturated carbocycles. The van der Waals surface area contributed by atoms with Crippen LogP contribution in [0.1, 0.15) is 77.7 Å². The van der Waals surface area contributed by atoms with Crippen LogP contribution in [0.5, 0.6) is 0 Å². The maximum absolute atomic E-state index is 14.6. The molecule has 1 aliphatic heterocycles. The largest absolute Gasteiger partial charge is 0.481 e. The second-order valence-electron chi connectivity index (χ2n) is 18.5. The number of para-hydroxylation sites is 1. The van der Waals surface area contributed by atoms with Crippen molar-refractivity contribution in [1.82, 2.24) is 47.1 Å². The molecule has 0 aliphatic carbocycles. The highest BCUT2D eigenvalue weighted by molar-refractivity contribution is 7.99. The highest BCUT2D eigenvalue weighted by atomic mass is 32.2. The van der Waals surface area contributed by atoms with Crippen molar-refractivity contribution < 1.29 is 63.3 Å². The van der Waals surface area contributed by atoms with Gasteiger partial charge in [0.1, 0.15) is 48.3 Å². The number of rotatable bonds is 21. The van der Waals surface area contributed by atoms with E-state index in [0.29, 0.717) is 24.9 Å². The molecule has 0 bridgehead atoms. The number of benzene rings is 1. The van der Waals surface area contributed by atoms with Gasteiger partial charge in [-0.2, -0.15) is 11.8 Å². The Balaban J connectivity index is 2.13. The zero-order valence-corrected chi connectivity index (χ0v) is 43.4. The number of likely N-dealkylation sites (N-methyl/N-ethyl adjacent to an activating group) is 1. The summed E-state index contributed by atoms with van der Waals surface area (Å²) in [7, 11) is 1.32. The molecule has 1 fully saturated rings. The van der Waals surface area contributed by atoms with Gasteiger partial charge in [0.25, 0.3) is 0 Å². The first-order valence-corrected chi connectivity index (χ1v) is 25.7. The molecule has 1 aromatic carbocycles. The number of nitrogens with two attached hydrogens (primary N) is 4. The summed E-state index contributed by atoms with van der Waals surface area (Å²) in [6.45, 7) is 3.87. The molecule has 0 spiro atoms. The number of carboxylic acids is 1. The third kappa shape index (κ3) is 20.3. The minimum absolute atomic E-state index is 0.0118. The number of nitrogens with zero attached hydrogens (tertiary/aromatic N) is 2. The molecule has 1 aromatic heterocycles. The Kier molecular flexibility index (Phi) is 25.7. The van der Waals surface area contributed by atoms with E-state index in [0.717, 1.165) is 34.5 Å². The fraction of sp³-hybridized carbons (Fsp3) is 0.596. The summed E-state index contributed by atoms with van der Waals surface area (Å²) in [6, 6.07) is -5.19. The number of aliphatic hydroxyl groups is 2. The number of hydrogen-bond donors (Lipinski definition) is 15. The molecule has 27 nitrogen and oxygen atoms in total. The van der Waals surface area contributed by atoms with Crippen LogP contribution in [0.2, 0.25) is 0 Å². The Morgan fingerprint density at radius 2 is 1.49 bits per heavy atom. The van der Waals surface area contributed by atoms with Crippen LogP contribution in [0.15, 0.2) is 35.5 Å². The predicted octanol–water partition coefficient (Wildman–Crippen LogP) is -4.37. The summed E-state index contributed by atoms with van der Waals surface area (Å²) < 4.78 is 0. The van der Waals surface area contributed by atoms with Crippen LogP contribution in [-0.4, -0.2) is 183 Å². The molecule has 75 heavy (non-hydrogen) atoms. The number of nitrogens with one attached hydrogen (secondary N) is 8. The first-order chi connectivity index (χ1) is 35.5. The lowest BCUT2D eigenvalue weighted by Gasteiger charge is -2.30. The molecular formula is C47H74N14O13S. The molecule has 3 rings (SSSR count). The van der Waals surface area contributed by atoms with Gasteiger partial charge in [-0.05, 0) is 69.5 Å². The van der Waals surface area contributed by atoms with Gasteiger partial charge >= 0.3 is 5.97 Å². The van der Waals surface area contributed by atoms with E-state index >= 15 is 0 Å². The number of aliphatic hydroxyl groups excluding tert-OH is 2. The van der Waals surface area contributed by atoms with Crippen molar-refractivity contribution in [3.05, 3.63) is 36.0 Å². The van der Waals surface area contributed by atoms with Crippen LogP contribution in [-0.2, 0) is 54.4 Å². The summed E-state index contributed by atoms with van der Waals surface area (Å²) >= 11 is 1.03. The number of H-pyrrole nitrogens is 1. The van der Waals surface area contributed by atoms with E-state index in [-0.39, 0.29) is 68.5 Å². The number of fused-ring (bicyclic) bond motifs is 1. The van der Waals surface area contributed by atoms with Gasteiger partial charge in [0.15, 0.2) is 5.96 Å². The molecule has 416 valence electrons. The van der Waals surface area contributed by atoms with Gasteiger partial charge in [0, 0.05) is 55.0 Å². The second kappa shape index (κ2) is 31.0. The number of carbonyl (C=O) groups excluding carboxylic acids is 9. The van der Waals surface area contributed by atoms with Gasteiger partial charge in [-0.25, -0.2) is 0 Å². The smallest absolute Gasteiger partial charge is 0.305 e. The first kappa shape index (κ1) is 62.3. The molecule has 1 saturated heterocycles. The van der Waals surface area contributed by atoms with E-state index < -0.39 is 127 Å². The average Bonchev–Trinajstić information content (AvgIpc) is 3.75. The molecule has 28 heteroatoms. The summed E-state index contributed by atoms with van der Waals surface area (Å²) in [5.41, 5.74) is 23.6. The Morgan fingerprint density at radius 3 is 2.12 bits per heavy atom. The quantitative estimate of drug-likeness (QED) is 0.0319. The number of primary amides is 1. The molecule has 2 aromatic rings. The fourth-order valence-corrected chi connectivity index (χ4v) is 8.91. The van der Waals surface area contributed by atoms with E-state index in [1.807, 2.05) is 6.07 Å². The number of amides is 9. The van der Waals surface area contributed by atoms with E-state index in [9.17, 15) is 63.3 Å². The summed E-state index contributed by atoms with van der Waals surface area (Å²) in [5.74, 6) is -11.0. The lowest BCUT2D eigenvalue weighted by Crippen LogP contribution is -2.62. The number of carbonyl (C=O) groups is 10. The van der Waals surface area contributed by atoms with Crippen molar-refractivity contribution >= 4 is 87.8 Å². The number of hydrogen-bond acceptors (Lipinski definition) is 15. The lowest BCUT2D eigenvalue weighted by atomic mass is 10.0. The maximum Gasteiger partial charge on any atom is 0.305 e. The molecule has 9 amide bonds. The van der Waals surface area contributed by atoms with Crippen LogP contribution in [0.25, 0.3) is 10.9 Å². The lowest BCUT2D eigenvalue weighted by molar-refractivity contribution is -0.142. The number of aromatic nitrogens is 1. The van der Waals surface area contributed by atoms with Crippen LogP contribution in [0, 0.1) is 5.92 Å². The predicted molar refractivity (Wildman–Crippen MR) is 277 cm³/mol. The molecule has 1 aliphatic rings. The van der Waals surface area contributed by atoms with Gasteiger partial charge < -0.3 is 85.4 Å². The van der Waals surface area contributed by atoms with Gasteiger partial charge in [0.05, 0.1) is 19.1 Å². The third-order valence-corrected chi connectivity index (χ3v) is 13.1. The maximum atomic E-state index is 14.6. The Morgan fingerprint density at radius 1 is 0.840 bits per heavy atom. The fourth-order valence-electron chi connectivity index (χ4n) is 7.95. The average molecular weight is 1080 g/mol. The zero-order chi connectivity index (χ0) is 55.9. The standard InChI is InChI=1S/C47H74N14O13S/c1-24(2)18-30-40(68)59-34(44(72)55-31(19-26-21-53-28-11-6-5-10-27(26)28)41(69)54-29(39(49)67)12-7-8-15-48)23-75-17-14-36(64)61(4)35(13-9-16-52-47(50)51)45(73)58-33(22-62)43(71)56-32(20-37(65)66)42(70)60-38(25(3)63)46(74)57-30/h5-6,10-11,21,24-25,29-35,38,53,62-63H,7-9,12-20,22-23,48H2,1-4H3,(H2,49,67)(H,54,69)(H,55,72)(H,56,71)(H,57,74)(H,58,73)(H,59,68)(H,60,70)(H,65,66)(H4,50,51,52)/t25-,29+,30+,31+,32+,33+,34?,35+,38+/m1/s1. The normalized spacial score (nSPS) is 22.2. The van der Waals surface area contributed by atoms with Crippen molar-refractivity contribution in [2.75, 3.05) is 38.2 Å². The molecular weight excluding hydrogens is 1000 g/mol. The van der Waals surface area contributed by atoms with Crippen LogP contribution < -0.4 is 60.2 Å². The number of carboxylic acid groups (broad SMARTS) is 1. The molecule has 0 radical (unpaired) electrons. The zero-order valence-electron chi connectivity index (χ0n) is 42.6. The summed E-state index contributed by atoms with van der Waals surface area (Å²) in [4.78, 5) is 145. The molecule has 2 heterocycles. The van der Waals surface area contributed by atoms with E-state index in [1.54, 1.807) is 38.2 Å². The van der Waals surface area contributed by atoms with Gasteiger partial charge in [-0.3, -0.25) is 52.9 Å². The highest BCUT2D eigenvalue weighted by Crippen LogP contribution is 2.20. The molecule has 9 atom stereocenters. The van der Waals surface area contributed by atoms with Crippen molar-refractivity contribution in [2.45, 2.75) is 133 Å². The van der Waals surface area contributed by atoms with Crippen molar-refractivity contribution in [2.24, 2.45) is 33.8 Å². The van der Waals surface area contributed by atoms with Gasteiger partial charge in [-0.15, -0.1) is 0 Å². The van der Waals surface area contributed by atoms with Crippen LogP contribution in [0.4, 0.5) is 0 Å². The number of thioether (sulfide) groups is 1. The number of aliphatic imine (C=N–C) groups is 1. The highest BCUT2D eigenvalue weighted by Gasteiger charge is 2.37. The van der Waals surface area contributed by atoms with Crippen molar-refractivity contribution in [3.8, 4) is 0 Å². The number of guanidine groups is 1. The third-order valence-electron chi connectivity index (χ3n) is 12.0. The summed E-state index contributed by atoms with van der Waals surface area (Å²) in [6.07, 6.45) is -0.327. The number of aliphatic carboxylic acids is 1. The van der Waals surface area contributed by atoms with E-state index in [1.165, 1.54) is 7.05 Å². The Bertz CT molecular complexity index is 2350. The Labute approximate surface area is 438 Å². The summed E-state index contributed by atoms with van der Waals surface area (Å²) in [5, 5.41) is 48.6. The van der Waals surface area contributed by atoms with Crippen molar-refractivity contribution in [1.29, 1.82) is 0 Å². The Hall–Kier alpha value is -7.04. The monoisotopic (exact) mass is 1070 g/mol. The molecule has 19 N–H and O–H groups in total. The first-order valence-electron chi connectivity index (χ1n) is 24.5. The van der Waals surface area contributed by atoms with E-state index in [4.69, 9.17) is 22.9 Å². The minimum Gasteiger partial charge on any atom is -0.481 e.